The van der Waals surface area contributed by atoms with Crippen LogP contribution >= 0.6 is 15.9 Å². The van der Waals surface area contributed by atoms with Gasteiger partial charge in [0, 0.05) is 6.04 Å². The molecule has 0 radical (unpaired) electrons. The highest BCUT2D eigenvalue weighted by Gasteiger charge is 2.04. The van der Waals surface area contributed by atoms with Crippen LogP contribution in [0.15, 0.2) is 16.7 Å². The molecule has 0 aliphatic rings. The molecule has 1 rings (SSSR count). The summed E-state index contributed by atoms with van der Waals surface area (Å²) in [6.07, 6.45) is 3.74. The minimum atomic E-state index is 0.520. The van der Waals surface area contributed by atoms with Gasteiger partial charge in [-0.2, -0.15) is 0 Å². The van der Waals surface area contributed by atoms with E-state index in [0.717, 1.165) is 16.0 Å². The fourth-order valence-electron chi connectivity index (χ4n) is 1.53. The van der Waals surface area contributed by atoms with Crippen molar-refractivity contribution in [3.63, 3.8) is 0 Å². The summed E-state index contributed by atoms with van der Waals surface area (Å²) in [7, 11) is 0. The minimum absolute atomic E-state index is 0.520. The molecule has 1 atom stereocenters. The van der Waals surface area contributed by atoms with Crippen LogP contribution in [0.5, 0.6) is 0 Å². The van der Waals surface area contributed by atoms with Crippen LogP contribution in [0.1, 0.15) is 38.8 Å². The molecule has 0 saturated heterocycles. The lowest BCUT2D eigenvalue weighted by Crippen LogP contribution is -2.15. The maximum atomic E-state index is 4.36. The summed E-state index contributed by atoms with van der Waals surface area (Å²) in [5.74, 6) is 0. The van der Waals surface area contributed by atoms with Crippen LogP contribution in [0.4, 0.5) is 5.69 Å². The quantitative estimate of drug-likeness (QED) is 0.814. The highest BCUT2D eigenvalue weighted by Crippen LogP contribution is 2.18. The third-order valence-corrected chi connectivity index (χ3v) is 2.89. The van der Waals surface area contributed by atoms with Crippen molar-refractivity contribution in [2.24, 2.45) is 0 Å². The highest BCUT2D eigenvalue weighted by molar-refractivity contribution is 9.10. The van der Waals surface area contributed by atoms with Crippen LogP contribution in [0.25, 0.3) is 0 Å². The summed E-state index contributed by atoms with van der Waals surface area (Å²) >= 11 is 3.37. The molecule has 0 saturated carbocycles. The van der Waals surface area contributed by atoms with E-state index in [1.165, 1.54) is 19.3 Å². The fourth-order valence-corrected chi connectivity index (χ4v) is 1.93. The van der Waals surface area contributed by atoms with Crippen molar-refractivity contribution in [1.82, 2.24) is 4.98 Å². The zero-order valence-electron chi connectivity index (χ0n) is 9.68. The largest absolute Gasteiger partial charge is 0.381 e. The average molecular weight is 271 g/mol. The molecular weight excluding hydrogens is 252 g/mol. The molecule has 2 nitrogen and oxygen atoms in total. The first-order valence-corrected chi connectivity index (χ1v) is 6.32. The Labute approximate surface area is 101 Å². The topological polar surface area (TPSA) is 24.9 Å². The monoisotopic (exact) mass is 270 g/mol. The van der Waals surface area contributed by atoms with Crippen molar-refractivity contribution in [2.45, 2.75) is 46.1 Å². The zero-order valence-corrected chi connectivity index (χ0v) is 11.3. The first-order chi connectivity index (χ1) is 7.13. The van der Waals surface area contributed by atoms with E-state index in [-0.39, 0.29) is 0 Å². The Hall–Kier alpha value is -0.570. The van der Waals surface area contributed by atoms with Crippen molar-refractivity contribution in [1.29, 1.82) is 0 Å². The fraction of sp³-hybridized carbons (Fsp3) is 0.583. The lowest BCUT2D eigenvalue weighted by Gasteiger charge is -2.16. The smallest absolute Gasteiger partial charge is 0.106 e. The van der Waals surface area contributed by atoms with Gasteiger partial charge < -0.3 is 5.32 Å². The predicted molar refractivity (Wildman–Crippen MR) is 69.3 cm³/mol. The van der Waals surface area contributed by atoms with Gasteiger partial charge in [-0.05, 0) is 48.3 Å². The van der Waals surface area contributed by atoms with Gasteiger partial charge in [-0.25, -0.2) is 4.98 Å². The summed E-state index contributed by atoms with van der Waals surface area (Å²) in [5, 5.41) is 3.49. The number of nitrogens with zero attached hydrogens (tertiary/aromatic N) is 1. The molecule has 1 unspecified atom stereocenters. The van der Waals surface area contributed by atoms with E-state index in [0.29, 0.717) is 6.04 Å². The Morgan fingerprint density at radius 2 is 2.20 bits per heavy atom. The summed E-state index contributed by atoms with van der Waals surface area (Å²) in [5.41, 5.74) is 2.19. The average Bonchev–Trinajstić information content (AvgIpc) is 2.19. The van der Waals surface area contributed by atoms with Gasteiger partial charge in [0.05, 0.1) is 11.4 Å². The molecular formula is C12H19BrN2. The maximum Gasteiger partial charge on any atom is 0.106 e. The van der Waals surface area contributed by atoms with Crippen LogP contribution in [0.3, 0.4) is 0 Å². The van der Waals surface area contributed by atoms with Gasteiger partial charge >= 0.3 is 0 Å². The van der Waals surface area contributed by atoms with E-state index < -0.39 is 0 Å². The van der Waals surface area contributed by atoms with Gasteiger partial charge in [-0.15, -0.1) is 0 Å². The molecule has 1 N–H and O–H groups in total. The molecule has 1 aromatic rings. The van der Waals surface area contributed by atoms with Gasteiger partial charge in [0.15, 0.2) is 0 Å². The van der Waals surface area contributed by atoms with Crippen molar-refractivity contribution >= 4 is 21.6 Å². The molecule has 0 aromatic carbocycles. The van der Waals surface area contributed by atoms with Crippen molar-refractivity contribution in [3.05, 3.63) is 22.4 Å². The third kappa shape index (κ3) is 4.20. The van der Waals surface area contributed by atoms with Crippen LogP contribution in [-0.4, -0.2) is 11.0 Å². The number of hydrogen-bond donors (Lipinski definition) is 1. The van der Waals surface area contributed by atoms with Crippen molar-refractivity contribution < 1.29 is 0 Å². The standard InChI is InChI=1S/C12H19BrN2/c1-4-5-6-9(2)14-11-7-8-12(13)15-10(11)3/h7-9,14H,4-6H2,1-3H3. The molecule has 0 spiro atoms. The van der Waals surface area contributed by atoms with Crippen molar-refractivity contribution in [3.8, 4) is 0 Å². The summed E-state index contributed by atoms with van der Waals surface area (Å²) in [6.45, 7) is 6.47. The highest BCUT2D eigenvalue weighted by atomic mass is 79.9. The predicted octanol–water partition coefficient (Wildman–Crippen LogP) is 4.14. The third-order valence-electron chi connectivity index (χ3n) is 2.44. The number of halogens is 1. The van der Waals surface area contributed by atoms with Crippen molar-refractivity contribution in [2.75, 3.05) is 5.32 Å². The van der Waals surface area contributed by atoms with E-state index in [1.807, 2.05) is 13.0 Å². The summed E-state index contributed by atoms with van der Waals surface area (Å²) in [4.78, 5) is 4.36. The number of aromatic nitrogens is 1. The van der Waals surface area contributed by atoms with E-state index in [9.17, 15) is 0 Å². The number of nitrogens with one attached hydrogen (secondary N) is 1. The Balaban J connectivity index is 2.56. The Morgan fingerprint density at radius 1 is 1.47 bits per heavy atom. The first kappa shape index (κ1) is 12.5. The number of pyridine rings is 1. The Bertz CT molecular complexity index is 312. The van der Waals surface area contributed by atoms with E-state index in [1.54, 1.807) is 0 Å². The maximum absolute atomic E-state index is 4.36. The number of aryl methyl sites for hydroxylation is 1. The van der Waals surface area contributed by atoms with Crippen LogP contribution in [0.2, 0.25) is 0 Å². The van der Waals surface area contributed by atoms with Crippen LogP contribution < -0.4 is 5.32 Å². The number of anilines is 1. The molecule has 0 aliphatic carbocycles. The molecule has 0 fully saturated rings. The summed E-state index contributed by atoms with van der Waals surface area (Å²) in [6, 6.07) is 4.57. The Kier molecular flexibility index (Phi) is 5.09. The second-order valence-electron chi connectivity index (χ2n) is 3.95. The van der Waals surface area contributed by atoms with Gasteiger partial charge in [-0.1, -0.05) is 19.8 Å². The normalized spacial score (nSPS) is 12.5. The summed E-state index contributed by atoms with van der Waals surface area (Å²) < 4.78 is 0.895. The number of unbranched alkanes of at least 4 members (excludes halogenated alkanes) is 1. The second kappa shape index (κ2) is 6.11. The zero-order chi connectivity index (χ0) is 11.3. The molecule has 15 heavy (non-hydrogen) atoms. The molecule has 1 heterocycles. The lowest BCUT2D eigenvalue weighted by molar-refractivity contribution is 0.644. The van der Waals surface area contributed by atoms with E-state index in [4.69, 9.17) is 0 Å². The van der Waals surface area contributed by atoms with Gasteiger partial charge in [0.2, 0.25) is 0 Å². The van der Waals surface area contributed by atoms with Gasteiger partial charge in [0.1, 0.15) is 4.60 Å². The molecule has 3 heteroatoms. The minimum Gasteiger partial charge on any atom is -0.381 e. The molecule has 0 aliphatic heterocycles. The van der Waals surface area contributed by atoms with Crippen LogP contribution in [0, 0.1) is 6.92 Å². The van der Waals surface area contributed by atoms with E-state index in [2.05, 4.69) is 46.1 Å². The molecule has 0 bridgehead atoms. The molecule has 0 amide bonds. The van der Waals surface area contributed by atoms with Gasteiger partial charge in [0.25, 0.3) is 0 Å². The first-order valence-electron chi connectivity index (χ1n) is 5.53. The molecule has 84 valence electrons. The lowest BCUT2D eigenvalue weighted by atomic mass is 10.1. The second-order valence-corrected chi connectivity index (χ2v) is 4.77. The van der Waals surface area contributed by atoms with Crippen LogP contribution in [-0.2, 0) is 0 Å². The SMILES string of the molecule is CCCCC(C)Nc1ccc(Br)nc1C. The number of rotatable bonds is 5. The van der Waals surface area contributed by atoms with Gasteiger partial charge in [-0.3, -0.25) is 0 Å². The Morgan fingerprint density at radius 3 is 2.80 bits per heavy atom. The van der Waals surface area contributed by atoms with E-state index >= 15 is 0 Å². The molecule has 1 aromatic heterocycles. The number of hydrogen-bond acceptors (Lipinski definition) is 2.